The molecule has 2 aliphatic rings. The summed E-state index contributed by atoms with van der Waals surface area (Å²) in [4.78, 5) is 0. The van der Waals surface area contributed by atoms with E-state index in [1.54, 1.807) is 7.11 Å². The van der Waals surface area contributed by atoms with Crippen LogP contribution in [0.25, 0.3) is 11.1 Å². The van der Waals surface area contributed by atoms with Crippen LogP contribution in [0, 0.1) is 0 Å². The minimum Gasteiger partial charge on any atom is -0.495 e. The highest BCUT2D eigenvalue weighted by atomic mass is 16.5. The van der Waals surface area contributed by atoms with Crippen LogP contribution >= 0.6 is 0 Å². The van der Waals surface area contributed by atoms with Crippen molar-refractivity contribution in [2.45, 2.75) is 0 Å². The Balaban J connectivity index is 2.49. The molecule has 2 rings (SSSR count). The van der Waals surface area contributed by atoms with Crippen molar-refractivity contribution in [1.82, 2.24) is 0 Å². The number of rotatable bonds is 1. The average molecular weight is 106 g/mol. The second kappa shape index (κ2) is 1.05. The monoisotopic (exact) mass is 106 g/mol. The van der Waals surface area contributed by atoms with E-state index in [0.717, 1.165) is 5.75 Å². The van der Waals surface area contributed by atoms with Gasteiger partial charge in [-0.1, -0.05) is 18.2 Å². The standard InChI is InChI=1S/C7H6O/c1-8-7-5-3-2-4-6(5)7/h2-4H,1H3. The summed E-state index contributed by atoms with van der Waals surface area (Å²) in [7, 11) is 1.70. The van der Waals surface area contributed by atoms with Crippen LogP contribution in [0.4, 0.5) is 0 Å². The van der Waals surface area contributed by atoms with Gasteiger partial charge in [-0.15, -0.1) is 0 Å². The Kier molecular flexibility index (Phi) is 0.519. The number of hydrogen-bond acceptors (Lipinski definition) is 1. The third-order valence-electron chi connectivity index (χ3n) is 1.45. The van der Waals surface area contributed by atoms with Crippen molar-refractivity contribution >= 4 is 0 Å². The zero-order valence-electron chi connectivity index (χ0n) is 4.64. The first-order chi connectivity index (χ1) is 3.93. The molecule has 0 atom stereocenters. The SMILES string of the molecule is COc1c2cccc1-2. The lowest BCUT2D eigenvalue weighted by Gasteiger charge is -1.79. The molecule has 0 fully saturated rings. The zero-order valence-corrected chi connectivity index (χ0v) is 4.64. The predicted molar refractivity (Wildman–Crippen MR) is 32.0 cm³/mol. The Labute approximate surface area is 47.9 Å². The third-order valence-corrected chi connectivity index (χ3v) is 1.45. The van der Waals surface area contributed by atoms with Crippen LogP contribution in [0.2, 0.25) is 0 Å². The van der Waals surface area contributed by atoms with E-state index >= 15 is 0 Å². The smallest absolute Gasteiger partial charge is 0.134 e. The topological polar surface area (TPSA) is 9.23 Å². The lowest BCUT2D eigenvalue weighted by Crippen LogP contribution is -1.69. The molecule has 0 spiro atoms. The molecule has 0 aromatic heterocycles. The van der Waals surface area contributed by atoms with Gasteiger partial charge < -0.3 is 4.74 Å². The highest BCUT2D eigenvalue weighted by molar-refractivity contribution is 5.94. The molecule has 0 aromatic carbocycles. The van der Waals surface area contributed by atoms with Crippen molar-refractivity contribution in [2.24, 2.45) is 0 Å². The highest BCUT2D eigenvalue weighted by Crippen LogP contribution is 2.50. The molecule has 1 nitrogen and oxygen atoms in total. The Bertz CT molecular complexity index is 208. The zero-order chi connectivity index (χ0) is 5.56. The number of ether oxygens (including phenoxy) is 1. The molecule has 40 valence electrons. The lowest BCUT2D eigenvalue weighted by molar-refractivity contribution is 0.430. The quantitative estimate of drug-likeness (QED) is 0.537. The van der Waals surface area contributed by atoms with E-state index in [2.05, 4.69) is 12.1 Å². The molecule has 0 saturated heterocycles. The summed E-state index contributed by atoms with van der Waals surface area (Å²) in [5.41, 5.74) is 2.57. The Morgan fingerprint density at radius 2 is 1.88 bits per heavy atom. The second-order valence-corrected chi connectivity index (χ2v) is 1.89. The van der Waals surface area contributed by atoms with Crippen LogP contribution in [0.3, 0.4) is 0 Å². The first-order valence-electron chi connectivity index (χ1n) is 2.61. The number of hydrogen-bond donors (Lipinski definition) is 0. The van der Waals surface area contributed by atoms with E-state index in [1.165, 1.54) is 11.1 Å². The van der Waals surface area contributed by atoms with Crippen LogP contribution in [0.15, 0.2) is 18.2 Å². The van der Waals surface area contributed by atoms with E-state index in [0.29, 0.717) is 0 Å². The maximum atomic E-state index is 4.99. The molecular formula is C7H6O. The van der Waals surface area contributed by atoms with E-state index in [-0.39, 0.29) is 0 Å². The van der Waals surface area contributed by atoms with Gasteiger partial charge in [0.05, 0.1) is 7.11 Å². The summed E-state index contributed by atoms with van der Waals surface area (Å²) in [6, 6.07) is 6.16. The van der Waals surface area contributed by atoms with Crippen LogP contribution in [-0.4, -0.2) is 7.11 Å². The highest BCUT2D eigenvalue weighted by Gasteiger charge is 2.23. The van der Waals surface area contributed by atoms with E-state index in [9.17, 15) is 0 Å². The largest absolute Gasteiger partial charge is 0.495 e. The summed E-state index contributed by atoms with van der Waals surface area (Å²) < 4.78 is 4.99. The summed E-state index contributed by atoms with van der Waals surface area (Å²) in [5.74, 6) is 1.08. The van der Waals surface area contributed by atoms with E-state index in [1.807, 2.05) is 6.07 Å². The maximum absolute atomic E-state index is 4.99. The van der Waals surface area contributed by atoms with Crippen molar-refractivity contribution in [3.05, 3.63) is 18.2 Å². The molecule has 0 N–H and O–H groups in total. The third kappa shape index (κ3) is 0.280. The van der Waals surface area contributed by atoms with Crippen LogP contribution in [0.5, 0.6) is 5.75 Å². The maximum Gasteiger partial charge on any atom is 0.134 e. The van der Waals surface area contributed by atoms with Crippen LogP contribution < -0.4 is 4.74 Å². The van der Waals surface area contributed by atoms with Gasteiger partial charge in [0.15, 0.2) is 0 Å². The Morgan fingerprint density at radius 3 is 2.25 bits per heavy atom. The molecular weight excluding hydrogens is 100 g/mol. The predicted octanol–water partition coefficient (Wildman–Crippen LogP) is 1.68. The molecule has 0 aromatic rings. The first-order valence-corrected chi connectivity index (χ1v) is 2.61. The van der Waals surface area contributed by atoms with Gasteiger partial charge in [0, 0.05) is 11.1 Å². The van der Waals surface area contributed by atoms with Crippen molar-refractivity contribution in [1.29, 1.82) is 0 Å². The van der Waals surface area contributed by atoms with Crippen molar-refractivity contribution in [3.8, 4) is 16.9 Å². The number of benzene rings is 1. The lowest BCUT2D eigenvalue weighted by atomic mass is 10.6. The van der Waals surface area contributed by atoms with E-state index in [4.69, 9.17) is 4.74 Å². The minimum absolute atomic E-state index is 1.08. The van der Waals surface area contributed by atoms with Gasteiger partial charge in [0.2, 0.25) is 0 Å². The van der Waals surface area contributed by atoms with Gasteiger partial charge in [-0.05, 0) is 0 Å². The molecule has 0 saturated carbocycles. The van der Waals surface area contributed by atoms with E-state index < -0.39 is 0 Å². The fraction of sp³-hybridized carbons (Fsp3) is 0.143. The van der Waals surface area contributed by atoms with Gasteiger partial charge >= 0.3 is 0 Å². The van der Waals surface area contributed by atoms with Gasteiger partial charge in [-0.3, -0.25) is 0 Å². The molecule has 0 amide bonds. The number of methoxy groups -OCH3 is 1. The summed E-state index contributed by atoms with van der Waals surface area (Å²) in [6.07, 6.45) is 0. The minimum atomic E-state index is 1.08. The summed E-state index contributed by atoms with van der Waals surface area (Å²) in [5, 5.41) is 0. The number of fused-ring (bicyclic) bond motifs is 1. The molecule has 2 aliphatic carbocycles. The second-order valence-electron chi connectivity index (χ2n) is 1.89. The molecule has 0 heterocycles. The van der Waals surface area contributed by atoms with Crippen molar-refractivity contribution < 1.29 is 4.74 Å². The molecule has 0 bridgehead atoms. The molecule has 0 aliphatic heterocycles. The van der Waals surface area contributed by atoms with Gasteiger partial charge in [-0.2, -0.15) is 0 Å². The summed E-state index contributed by atoms with van der Waals surface area (Å²) in [6.45, 7) is 0. The van der Waals surface area contributed by atoms with Crippen LogP contribution in [-0.2, 0) is 0 Å². The normalized spacial score (nSPS) is 11.1. The first kappa shape index (κ1) is 3.96. The Hall–Kier alpha value is -0.980. The Morgan fingerprint density at radius 1 is 1.25 bits per heavy atom. The summed E-state index contributed by atoms with van der Waals surface area (Å²) >= 11 is 0. The van der Waals surface area contributed by atoms with Crippen molar-refractivity contribution in [2.75, 3.05) is 7.11 Å². The fourth-order valence-corrected chi connectivity index (χ4v) is 0.990. The van der Waals surface area contributed by atoms with Crippen molar-refractivity contribution in [3.63, 3.8) is 0 Å². The van der Waals surface area contributed by atoms with Gasteiger partial charge in [0.1, 0.15) is 5.75 Å². The van der Waals surface area contributed by atoms with Crippen LogP contribution in [0.1, 0.15) is 0 Å². The average Bonchev–Trinajstić information content (AvgIpc) is 2.22. The number of para-hydroxylation sites is 1. The molecule has 1 heteroatoms. The van der Waals surface area contributed by atoms with Gasteiger partial charge in [-0.25, -0.2) is 0 Å². The fourth-order valence-electron chi connectivity index (χ4n) is 0.990. The molecule has 8 heavy (non-hydrogen) atoms. The van der Waals surface area contributed by atoms with Gasteiger partial charge in [0.25, 0.3) is 0 Å². The molecule has 0 unspecified atom stereocenters. The molecule has 0 radical (unpaired) electrons.